The molecule has 0 bridgehead atoms. The Labute approximate surface area is 116 Å². The molecule has 1 aromatic heterocycles. The molecule has 0 aliphatic heterocycles. The summed E-state index contributed by atoms with van der Waals surface area (Å²) in [5.74, 6) is 1.60. The second-order valence-corrected chi connectivity index (χ2v) is 4.47. The summed E-state index contributed by atoms with van der Waals surface area (Å²) >= 11 is 0. The fraction of sp³-hybridized carbons (Fsp3) is 0.125. The van der Waals surface area contributed by atoms with E-state index < -0.39 is 0 Å². The van der Waals surface area contributed by atoms with E-state index in [9.17, 15) is 0 Å². The van der Waals surface area contributed by atoms with Gasteiger partial charge in [-0.05, 0) is 24.3 Å². The Morgan fingerprint density at radius 1 is 1.15 bits per heavy atom. The molecule has 1 heterocycles. The van der Waals surface area contributed by atoms with Gasteiger partial charge in [-0.3, -0.25) is 0 Å². The van der Waals surface area contributed by atoms with Crippen molar-refractivity contribution < 1.29 is 4.74 Å². The number of aromatic nitrogens is 2. The van der Waals surface area contributed by atoms with Crippen molar-refractivity contribution in [1.82, 2.24) is 9.55 Å². The van der Waals surface area contributed by atoms with E-state index in [4.69, 9.17) is 10.00 Å². The van der Waals surface area contributed by atoms with E-state index in [-0.39, 0.29) is 0 Å². The first kappa shape index (κ1) is 12.2. The Morgan fingerprint density at radius 2 is 1.95 bits per heavy atom. The van der Waals surface area contributed by atoms with E-state index in [2.05, 4.69) is 11.1 Å². The van der Waals surface area contributed by atoms with Crippen LogP contribution in [0.1, 0.15) is 11.4 Å². The van der Waals surface area contributed by atoms with Crippen molar-refractivity contribution in [2.45, 2.75) is 6.61 Å². The number of rotatable bonds is 3. The SMILES string of the molecule is Cn1c(COc2ccccc2)nc2c(C#N)cccc21. The quantitative estimate of drug-likeness (QED) is 0.729. The minimum absolute atomic E-state index is 0.375. The number of nitriles is 1. The van der Waals surface area contributed by atoms with Gasteiger partial charge in [0, 0.05) is 7.05 Å². The second kappa shape index (κ2) is 5.06. The average molecular weight is 263 g/mol. The van der Waals surface area contributed by atoms with Gasteiger partial charge in [0.2, 0.25) is 0 Å². The number of hydrogen-bond donors (Lipinski definition) is 0. The Bertz CT molecular complexity index is 785. The summed E-state index contributed by atoms with van der Waals surface area (Å²) in [4.78, 5) is 4.51. The first-order valence-electron chi connectivity index (χ1n) is 6.32. The van der Waals surface area contributed by atoms with Gasteiger partial charge in [-0.2, -0.15) is 5.26 Å². The third-order valence-electron chi connectivity index (χ3n) is 3.24. The first-order chi connectivity index (χ1) is 9.79. The van der Waals surface area contributed by atoms with Crippen LogP contribution in [0.3, 0.4) is 0 Å². The maximum Gasteiger partial charge on any atom is 0.147 e. The maximum absolute atomic E-state index is 9.11. The number of aryl methyl sites for hydroxylation is 1. The van der Waals surface area contributed by atoms with Gasteiger partial charge in [-0.1, -0.05) is 24.3 Å². The van der Waals surface area contributed by atoms with Crippen LogP contribution in [0.15, 0.2) is 48.5 Å². The van der Waals surface area contributed by atoms with Gasteiger partial charge in [0.1, 0.15) is 29.8 Å². The standard InChI is InChI=1S/C16H13N3O/c1-19-14-9-5-6-12(10-17)16(14)18-15(19)11-20-13-7-3-2-4-8-13/h2-9H,11H2,1H3. The number of para-hydroxylation sites is 2. The van der Waals surface area contributed by atoms with E-state index in [1.54, 1.807) is 6.07 Å². The highest BCUT2D eigenvalue weighted by Gasteiger charge is 2.11. The molecule has 20 heavy (non-hydrogen) atoms. The Kier molecular flexibility index (Phi) is 3.10. The van der Waals surface area contributed by atoms with Gasteiger partial charge in [-0.25, -0.2) is 4.98 Å². The van der Waals surface area contributed by atoms with Crippen LogP contribution in [0.2, 0.25) is 0 Å². The Balaban J connectivity index is 1.93. The van der Waals surface area contributed by atoms with Crippen LogP contribution in [0, 0.1) is 11.3 Å². The number of ether oxygens (including phenoxy) is 1. The third-order valence-corrected chi connectivity index (χ3v) is 3.24. The van der Waals surface area contributed by atoms with Crippen molar-refractivity contribution in [2.75, 3.05) is 0 Å². The molecule has 98 valence electrons. The largest absolute Gasteiger partial charge is 0.486 e. The van der Waals surface area contributed by atoms with Crippen molar-refractivity contribution in [3.63, 3.8) is 0 Å². The predicted molar refractivity (Wildman–Crippen MR) is 76.2 cm³/mol. The van der Waals surface area contributed by atoms with Crippen LogP contribution in [0.25, 0.3) is 11.0 Å². The summed E-state index contributed by atoms with van der Waals surface area (Å²) in [6, 6.07) is 17.4. The third kappa shape index (κ3) is 2.10. The molecule has 2 aromatic carbocycles. The van der Waals surface area contributed by atoms with Gasteiger partial charge >= 0.3 is 0 Å². The molecule has 3 rings (SSSR count). The van der Waals surface area contributed by atoms with Crippen molar-refractivity contribution in [3.05, 3.63) is 59.9 Å². The molecule has 0 amide bonds. The summed E-state index contributed by atoms with van der Waals surface area (Å²) in [5, 5.41) is 9.11. The fourth-order valence-corrected chi connectivity index (χ4v) is 2.15. The zero-order valence-electron chi connectivity index (χ0n) is 11.1. The predicted octanol–water partition coefficient (Wildman–Crippen LogP) is 3.02. The smallest absolute Gasteiger partial charge is 0.147 e. The molecule has 0 aliphatic carbocycles. The van der Waals surface area contributed by atoms with E-state index in [1.165, 1.54) is 0 Å². The molecule has 0 radical (unpaired) electrons. The highest BCUT2D eigenvalue weighted by molar-refractivity contribution is 5.82. The van der Waals surface area contributed by atoms with Crippen LogP contribution in [0.5, 0.6) is 5.75 Å². The van der Waals surface area contributed by atoms with Crippen molar-refractivity contribution in [3.8, 4) is 11.8 Å². The summed E-state index contributed by atoms with van der Waals surface area (Å²) < 4.78 is 7.67. The van der Waals surface area contributed by atoms with Gasteiger partial charge in [-0.15, -0.1) is 0 Å². The van der Waals surface area contributed by atoms with E-state index in [0.29, 0.717) is 12.2 Å². The van der Waals surface area contributed by atoms with Gasteiger partial charge in [0.15, 0.2) is 0 Å². The van der Waals surface area contributed by atoms with Gasteiger partial charge in [0.25, 0.3) is 0 Å². The van der Waals surface area contributed by atoms with Crippen LogP contribution < -0.4 is 4.74 Å². The fourth-order valence-electron chi connectivity index (χ4n) is 2.15. The number of hydrogen-bond acceptors (Lipinski definition) is 3. The summed E-state index contributed by atoms with van der Waals surface area (Å²) in [5.41, 5.74) is 2.25. The minimum Gasteiger partial charge on any atom is -0.486 e. The lowest BCUT2D eigenvalue weighted by atomic mass is 10.2. The molecule has 0 aliphatic rings. The number of imidazole rings is 1. The molecule has 3 aromatic rings. The lowest BCUT2D eigenvalue weighted by Crippen LogP contribution is -2.03. The Morgan fingerprint density at radius 3 is 2.70 bits per heavy atom. The summed E-state index contributed by atoms with van der Waals surface area (Å²) in [7, 11) is 1.93. The van der Waals surface area contributed by atoms with Crippen molar-refractivity contribution in [2.24, 2.45) is 7.05 Å². The van der Waals surface area contributed by atoms with Crippen molar-refractivity contribution in [1.29, 1.82) is 5.26 Å². The lowest BCUT2D eigenvalue weighted by molar-refractivity contribution is 0.292. The van der Waals surface area contributed by atoms with Crippen LogP contribution in [-0.2, 0) is 13.7 Å². The number of fused-ring (bicyclic) bond motifs is 1. The van der Waals surface area contributed by atoms with Gasteiger partial charge in [0.05, 0.1) is 11.1 Å². The molecular formula is C16H13N3O. The van der Waals surface area contributed by atoms with Crippen LogP contribution >= 0.6 is 0 Å². The van der Waals surface area contributed by atoms with Gasteiger partial charge < -0.3 is 9.30 Å². The molecule has 0 fully saturated rings. The van der Waals surface area contributed by atoms with E-state index >= 15 is 0 Å². The molecular weight excluding hydrogens is 250 g/mol. The zero-order valence-corrected chi connectivity index (χ0v) is 11.1. The second-order valence-electron chi connectivity index (χ2n) is 4.47. The Hall–Kier alpha value is -2.80. The molecule has 0 saturated carbocycles. The molecule has 4 nitrogen and oxygen atoms in total. The topological polar surface area (TPSA) is 50.8 Å². The first-order valence-corrected chi connectivity index (χ1v) is 6.32. The monoisotopic (exact) mass is 263 g/mol. The van der Waals surface area contributed by atoms with Crippen molar-refractivity contribution >= 4 is 11.0 Å². The average Bonchev–Trinajstić information content (AvgIpc) is 2.83. The molecule has 0 spiro atoms. The van der Waals surface area contributed by atoms with Crippen LogP contribution in [-0.4, -0.2) is 9.55 Å². The highest BCUT2D eigenvalue weighted by Crippen LogP contribution is 2.19. The summed E-state index contributed by atoms with van der Waals surface area (Å²) in [6.07, 6.45) is 0. The molecule has 0 atom stereocenters. The minimum atomic E-state index is 0.375. The number of nitrogens with zero attached hydrogens (tertiary/aromatic N) is 3. The van der Waals surface area contributed by atoms with Crippen LogP contribution in [0.4, 0.5) is 0 Å². The maximum atomic E-state index is 9.11. The zero-order chi connectivity index (χ0) is 13.9. The summed E-state index contributed by atoms with van der Waals surface area (Å²) in [6.45, 7) is 0.375. The van der Waals surface area contributed by atoms with E-state index in [0.717, 1.165) is 22.6 Å². The van der Waals surface area contributed by atoms with E-state index in [1.807, 2.05) is 54.1 Å². The highest BCUT2D eigenvalue weighted by atomic mass is 16.5. The number of benzene rings is 2. The normalized spacial score (nSPS) is 10.4. The molecule has 0 saturated heterocycles. The molecule has 4 heteroatoms. The molecule has 0 N–H and O–H groups in total. The molecule has 0 unspecified atom stereocenters. The lowest BCUT2D eigenvalue weighted by Gasteiger charge is -2.05.